The van der Waals surface area contributed by atoms with E-state index in [2.05, 4.69) is 28.8 Å². The summed E-state index contributed by atoms with van der Waals surface area (Å²) in [6.07, 6.45) is 4.29. The molecule has 0 aromatic carbocycles. The van der Waals surface area contributed by atoms with Crippen molar-refractivity contribution in [2.45, 2.75) is 26.3 Å². The van der Waals surface area contributed by atoms with Crippen molar-refractivity contribution in [1.29, 1.82) is 5.41 Å². The molecule has 2 aliphatic rings. The van der Waals surface area contributed by atoms with E-state index in [1.165, 1.54) is 0 Å². The van der Waals surface area contributed by atoms with Gasteiger partial charge in [-0.25, -0.2) is 4.99 Å². The Labute approximate surface area is 95.4 Å². The minimum atomic E-state index is 0.215. The van der Waals surface area contributed by atoms with Crippen LogP contribution in [-0.4, -0.2) is 23.9 Å². The Hall–Kier alpha value is -1.71. The maximum absolute atomic E-state index is 7.80. The summed E-state index contributed by atoms with van der Waals surface area (Å²) in [5.74, 6) is 0.477. The lowest BCUT2D eigenvalue weighted by atomic mass is 9.85. The lowest BCUT2D eigenvalue weighted by molar-refractivity contribution is 0.523. The molecular formula is C12H16N4. The molecule has 0 saturated heterocycles. The third-order valence-corrected chi connectivity index (χ3v) is 3.08. The molecule has 0 fully saturated rings. The molecule has 0 aliphatic carbocycles. The first-order valence-corrected chi connectivity index (χ1v) is 5.39. The summed E-state index contributed by atoms with van der Waals surface area (Å²) in [4.78, 5) is 8.35. The van der Waals surface area contributed by atoms with Crippen LogP contribution in [0, 0.1) is 11.3 Å². The zero-order valence-corrected chi connectivity index (χ0v) is 9.62. The molecule has 0 aromatic heterocycles. The second kappa shape index (κ2) is 4.04. The summed E-state index contributed by atoms with van der Waals surface area (Å²) in [6, 6.07) is 0.244. The Morgan fingerprint density at radius 1 is 1.62 bits per heavy atom. The highest BCUT2D eigenvalue weighted by molar-refractivity contribution is 6.43. The maximum Gasteiger partial charge on any atom is 0.168 e. The van der Waals surface area contributed by atoms with E-state index in [-0.39, 0.29) is 17.8 Å². The minimum Gasteiger partial charge on any atom is -0.373 e. The molecule has 4 nitrogen and oxygen atoms in total. The van der Waals surface area contributed by atoms with Gasteiger partial charge in [0.05, 0.1) is 12.1 Å². The van der Waals surface area contributed by atoms with Gasteiger partial charge in [0, 0.05) is 18.2 Å². The number of hydrogen-bond acceptors (Lipinski definition) is 3. The number of allylic oxidation sites excluding steroid dienone is 2. The number of hydrogen-bond donors (Lipinski definition) is 2. The summed E-state index contributed by atoms with van der Waals surface area (Å²) in [7, 11) is 0. The van der Waals surface area contributed by atoms with Crippen LogP contribution in [0.5, 0.6) is 0 Å². The van der Waals surface area contributed by atoms with Crippen LogP contribution in [0.3, 0.4) is 0 Å². The van der Waals surface area contributed by atoms with Crippen LogP contribution in [0.4, 0.5) is 0 Å². The molecule has 4 heteroatoms. The van der Waals surface area contributed by atoms with E-state index in [4.69, 9.17) is 5.41 Å². The fourth-order valence-electron chi connectivity index (χ4n) is 1.97. The monoisotopic (exact) mass is 216 g/mol. The van der Waals surface area contributed by atoms with Gasteiger partial charge in [-0.1, -0.05) is 12.2 Å². The van der Waals surface area contributed by atoms with Crippen molar-refractivity contribution in [3.63, 3.8) is 0 Å². The number of aliphatic imine (C=N–C) groups is 2. The predicted molar refractivity (Wildman–Crippen MR) is 67.3 cm³/mol. The van der Waals surface area contributed by atoms with Gasteiger partial charge in [-0.2, -0.15) is 0 Å². The van der Waals surface area contributed by atoms with Gasteiger partial charge >= 0.3 is 0 Å². The van der Waals surface area contributed by atoms with Crippen LogP contribution in [0.1, 0.15) is 20.3 Å². The number of rotatable bonds is 1. The topological polar surface area (TPSA) is 60.6 Å². The van der Waals surface area contributed by atoms with Crippen molar-refractivity contribution in [3.8, 4) is 0 Å². The second-order valence-electron chi connectivity index (χ2n) is 4.32. The Morgan fingerprint density at radius 2 is 2.38 bits per heavy atom. The normalized spacial score (nSPS) is 28.5. The Bertz CT molecular complexity index is 428. The van der Waals surface area contributed by atoms with E-state index in [9.17, 15) is 0 Å². The van der Waals surface area contributed by atoms with E-state index in [0.29, 0.717) is 0 Å². The molecular weight excluding hydrogens is 200 g/mol. The van der Waals surface area contributed by atoms with Crippen LogP contribution in [-0.2, 0) is 0 Å². The molecule has 84 valence electrons. The highest BCUT2D eigenvalue weighted by Gasteiger charge is 2.30. The lowest BCUT2D eigenvalue weighted by Crippen LogP contribution is -2.38. The molecule has 0 saturated carbocycles. The van der Waals surface area contributed by atoms with E-state index in [1.54, 1.807) is 6.34 Å². The highest BCUT2D eigenvalue weighted by atomic mass is 15.0. The van der Waals surface area contributed by atoms with Gasteiger partial charge in [-0.05, 0) is 25.8 Å². The van der Waals surface area contributed by atoms with Gasteiger partial charge in [-0.3, -0.25) is 10.4 Å². The van der Waals surface area contributed by atoms with Gasteiger partial charge in [0.1, 0.15) is 0 Å². The molecule has 0 spiro atoms. The first kappa shape index (κ1) is 10.8. The molecule has 0 radical (unpaired) electrons. The fourth-order valence-corrected chi connectivity index (χ4v) is 1.97. The van der Waals surface area contributed by atoms with Gasteiger partial charge in [-0.15, -0.1) is 0 Å². The van der Waals surface area contributed by atoms with Crippen molar-refractivity contribution in [3.05, 3.63) is 23.9 Å². The first-order chi connectivity index (χ1) is 7.59. The largest absolute Gasteiger partial charge is 0.373 e. The third kappa shape index (κ3) is 1.83. The summed E-state index contributed by atoms with van der Waals surface area (Å²) in [5.41, 5.74) is 2.99. The lowest BCUT2D eigenvalue weighted by Gasteiger charge is -2.26. The van der Waals surface area contributed by atoms with Crippen LogP contribution >= 0.6 is 0 Å². The molecule has 2 aliphatic heterocycles. The fraction of sp³-hybridized carbons (Fsp3) is 0.417. The Kier molecular flexibility index (Phi) is 2.73. The van der Waals surface area contributed by atoms with E-state index < -0.39 is 0 Å². The summed E-state index contributed by atoms with van der Waals surface area (Å²) in [6.45, 7) is 8.02. The van der Waals surface area contributed by atoms with E-state index in [0.717, 1.165) is 23.3 Å². The van der Waals surface area contributed by atoms with Crippen molar-refractivity contribution >= 4 is 17.9 Å². The quantitative estimate of drug-likeness (QED) is 0.691. The maximum atomic E-state index is 7.80. The van der Waals surface area contributed by atoms with Crippen LogP contribution < -0.4 is 5.32 Å². The second-order valence-corrected chi connectivity index (χ2v) is 4.32. The van der Waals surface area contributed by atoms with Crippen molar-refractivity contribution in [1.82, 2.24) is 5.32 Å². The Morgan fingerprint density at radius 3 is 3.06 bits per heavy atom. The van der Waals surface area contributed by atoms with E-state index >= 15 is 0 Å². The van der Waals surface area contributed by atoms with Gasteiger partial charge < -0.3 is 5.32 Å². The predicted octanol–water partition coefficient (Wildman–Crippen LogP) is 1.90. The molecule has 16 heavy (non-hydrogen) atoms. The zero-order chi connectivity index (χ0) is 11.7. The summed E-state index contributed by atoms with van der Waals surface area (Å²) < 4.78 is 0. The zero-order valence-electron chi connectivity index (χ0n) is 9.62. The van der Waals surface area contributed by atoms with Crippen molar-refractivity contribution in [2.75, 3.05) is 0 Å². The van der Waals surface area contributed by atoms with Crippen LogP contribution in [0.15, 0.2) is 33.9 Å². The van der Waals surface area contributed by atoms with Crippen LogP contribution in [0.25, 0.3) is 0 Å². The van der Waals surface area contributed by atoms with Crippen molar-refractivity contribution in [2.24, 2.45) is 15.9 Å². The third-order valence-electron chi connectivity index (χ3n) is 3.08. The van der Waals surface area contributed by atoms with Gasteiger partial charge in [0.15, 0.2) is 5.84 Å². The molecule has 2 atom stereocenters. The SMILES string of the molecule is C=C(C)C1=CN=C2C(=N)N=CNC(C)C2C1. The molecule has 0 bridgehead atoms. The number of nitrogens with one attached hydrogen (secondary N) is 2. The first-order valence-electron chi connectivity index (χ1n) is 5.39. The van der Waals surface area contributed by atoms with E-state index in [1.807, 2.05) is 13.1 Å². The average Bonchev–Trinajstić information content (AvgIpc) is 2.40. The molecule has 2 heterocycles. The number of fused-ring (bicyclic) bond motifs is 1. The highest BCUT2D eigenvalue weighted by Crippen LogP contribution is 2.27. The molecule has 2 N–H and O–H groups in total. The summed E-state index contributed by atoms with van der Waals surface area (Å²) in [5, 5.41) is 11.0. The van der Waals surface area contributed by atoms with Crippen LogP contribution in [0.2, 0.25) is 0 Å². The average molecular weight is 216 g/mol. The van der Waals surface area contributed by atoms with Gasteiger partial charge in [0.25, 0.3) is 0 Å². The molecule has 0 aromatic rings. The van der Waals surface area contributed by atoms with Crippen molar-refractivity contribution < 1.29 is 0 Å². The Balaban J connectivity index is 2.37. The number of amidine groups is 1. The smallest absolute Gasteiger partial charge is 0.168 e. The van der Waals surface area contributed by atoms with Gasteiger partial charge in [0.2, 0.25) is 0 Å². The number of nitrogens with zero attached hydrogens (tertiary/aromatic N) is 2. The standard InChI is InChI=1S/C12H16N4/c1-7(2)9-4-10-8(3)15-6-16-12(13)11(10)14-5-9/h5-6,8,10H,1,4H2,2-3H3,(H2,13,15,16). The molecule has 0 amide bonds. The summed E-state index contributed by atoms with van der Waals surface area (Å²) >= 11 is 0. The minimum absolute atomic E-state index is 0.215. The molecule has 2 rings (SSSR count). The molecule has 2 unspecified atom stereocenters.